The van der Waals surface area contributed by atoms with Gasteiger partial charge in [0.2, 0.25) is 11.1 Å². The first-order chi connectivity index (χ1) is 14.7. The van der Waals surface area contributed by atoms with Gasteiger partial charge in [-0.05, 0) is 31.0 Å². The number of nitrogens with zero attached hydrogens (tertiary/aromatic N) is 3. The highest BCUT2D eigenvalue weighted by Gasteiger charge is 2.37. The number of carbonyl (C=O) groups excluding carboxylic acids is 1. The van der Waals surface area contributed by atoms with Crippen molar-refractivity contribution < 1.29 is 9.53 Å². The highest BCUT2D eigenvalue weighted by Crippen LogP contribution is 2.38. The summed E-state index contributed by atoms with van der Waals surface area (Å²) in [5.74, 6) is 1.52. The second kappa shape index (κ2) is 9.21. The average Bonchev–Trinajstić information content (AvgIpc) is 3.21. The molecule has 0 bridgehead atoms. The van der Waals surface area contributed by atoms with E-state index in [2.05, 4.69) is 20.9 Å². The number of rotatable bonds is 7. The van der Waals surface area contributed by atoms with Gasteiger partial charge in [0, 0.05) is 12.1 Å². The molecule has 2 aromatic carbocycles. The van der Waals surface area contributed by atoms with Gasteiger partial charge in [-0.2, -0.15) is 0 Å². The summed E-state index contributed by atoms with van der Waals surface area (Å²) in [5, 5.41) is 12.0. The van der Waals surface area contributed by atoms with Crippen LogP contribution < -0.4 is 15.5 Å². The topological polar surface area (TPSA) is 81.1 Å². The maximum absolute atomic E-state index is 12.9. The summed E-state index contributed by atoms with van der Waals surface area (Å²) in [6.45, 7) is 5.26. The molecule has 156 valence electrons. The molecule has 2 heterocycles. The molecular formula is C22H25N5O2S. The van der Waals surface area contributed by atoms with Crippen LogP contribution in [0.4, 0.5) is 0 Å². The Bertz CT molecular complexity index is 991. The molecule has 0 spiro atoms. The quantitative estimate of drug-likeness (QED) is 0.604. The first-order valence-electron chi connectivity index (χ1n) is 10.2. The summed E-state index contributed by atoms with van der Waals surface area (Å²) in [5.41, 5.74) is 5.45. The summed E-state index contributed by atoms with van der Waals surface area (Å²) in [7, 11) is 0. The average molecular weight is 424 g/mol. The van der Waals surface area contributed by atoms with Gasteiger partial charge in [0.1, 0.15) is 11.0 Å². The van der Waals surface area contributed by atoms with Crippen LogP contribution in [0.3, 0.4) is 0 Å². The molecule has 1 amide bonds. The van der Waals surface area contributed by atoms with Gasteiger partial charge in [-0.3, -0.25) is 4.79 Å². The van der Waals surface area contributed by atoms with E-state index in [4.69, 9.17) is 4.74 Å². The van der Waals surface area contributed by atoms with E-state index in [9.17, 15) is 4.79 Å². The van der Waals surface area contributed by atoms with Gasteiger partial charge in [0.25, 0.3) is 0 Å². The number of fused-ring (bicyclic) bond motifs is 1. The predicted octanol–water partition coefficient (Wildman–Crippen LogP) is 3.63. The largest absolute Gasteiger partial charge is 0.494 e. The number of ether oxygens (including phenoxy) is 1. The lowest BCUT2D eigenvalue weighted by Crippen LogP contribution is -2.44. The molecule has 1 aromatic heterocycles. The molecule has 2 atom stereocenters. The van der Waals surface area contributed by atoms with Crippen molar-refractivity contribution in [2.45, 2.75) is 36.7 Å². The third-order valence-electron chi connectivity index (χ3n) is 4.83. The van der Waals surface area contributed by atoms with Gasteiger partial charge in [-0.1, -0.05) is 61.2 Å². The molecule has 0 radical (unpaired) electrons. The van der Waals surface area contributed by atoms with Crippen molar-refractivity contribution in [3.63, 3.8) is 0 Å². The van der Waals surface area contributed by atoms with E-state index in [1.807, 2.05) is 73.1 Å². The number of benzene rings is 2. The van der Waals surface area contributed by atoms with Crippen LogP contribution in [-0.4, -0.2) is 39.2 Å². The molecular weight excluding hydrogens is 398 g/mol. The lowest BCUT2D eigenvalue weighted by atomic mass is 10.0. The molecule has 0 fully saturated rings. The Morgan fingerprint density at radius 3 is 2.60 bits per heavy atom. The molecule has 7 nitrogen and oxygen atoms in total. The van der Waals surface area contributed by atoms with Crippen molar-refractivity contribution >= 4 is 17.7 Å². The number of hydrogen-bond donors (Lipinski definition) is 2. The van der Waals surface area contributed by atoms with Crippen LogP contribution in [0.1, 0.15) is 31.9 Å². The maximum atomic E-state index is 12.9. The van der Waals surface area contributed by atoms with Crippen LogP contribution in [0.15, 0.2) is 59.8 Å². The van der Waals surface area contributed by atoms with Gasteiger partial charge in [0.15, 0.2) is 5.82 Å². The molecule has 0 aliphatic carbocycles. The number of amides is 1. The molecule has 2 N–H and O–H groups in total. The minimum absolute atomic E-state index is 0.0104. The van der Waals surface area contributed by atoms with Gasteiger partial charge in [-0.15, -0.1) is 10.2 Å². The summed E-state index contributed by atoms with van der Waals surface area (Å²) >= 11 is 1.43. The number of carbonyl (C=O) groups is 1. The molecule has 3 aromatic rings. The van der Waals surface area contributed by atoms with Crippen LogP contribution in [-0.2, 0) is 4.79 Å². The number of aromatic nitrogens is 3. The highest BCUT2D eigenvalue weighted by atomic mass is 32.2. The lowest BCUT2D eigenvalue weighted by molar-refractivity contribution is -0.120. The van der Waals surface area contributed by atoms with Crippen molar-refractivity contribution in [2.24, 2.45) is 0 Å². The van der Waals surface area contributed by atoms with Gasteiger partial charge < -0.3 is 15.5 Å². The van der Waals surface area contributed by atoms with Crippen molar-refractivity contribution in [1.29, 1.82) is 0 Å². The standard InChI is InChI=1S/C22H25N5O2S/c1-3-14-23-21(28)19-18(15-10-12-17(13-11-15)29-4-2)26-27-20(24-25-22(27)30-19)16-8-6-5-7-9-16/h5-13,18-19,26H,3-4,14H2,1-2H3,(H,23,28)/t18-,19+/m1/s1. The SMILES string of the molecule is CCCNC(=O)[C@H]1Sc2nnc(-c3ccccc3)n2N[C@@H]1c1ccc(OCC)cc1. The summed E-state index contributed by atoms with van der Waals surface area (Å²) in [6, 6.07) is 17.5. The number of thioether (sulfide) groups is 1. The number of nitrogens with one attached hydrogen (secondary N) is 2. The predicted molar refractivity (Wildman–Crippen MR) is 118 cm³/mol. The molecule has 0 saturated heterocycles. The monoisotopic (exact) mass is 423 g/mol. The number of hydrogen-bond acceptors (Lipinski definition) is 6. The Labute approximate surface area is 180 Å². The van der Waals surface area contributed by atoms with Crippen molar-refractivity contribution in [1.82, 2.24) is 20.2 Å². The van der Waals surface area contributed by atoms with E-state index in [1.54, 1.807) is 0 Å². The highest BCUT2D eigenvalue weighted by molar-refractivity contribution is 8.00. The summed E-state index contributed by atoms with van der Waals surface area (Å²) < 4.78 is 7.45. The fraction of sp³-hybridized carbons (Fsp3) is 0.318. The molecule has 4 rings (SSSR count). The summed E-state index contributed by atoms with van der Waals surface area (Å²) in [6.07, 6.45) is 0.888. The van der Waals surface area contributed by atoms with Crippen LogP contribution in [0.2, 0.25) is 0 Å². The van der Waals surface area contributed by atoms with E-state index in [0.717, 1.165) is 29.1 Å². The zero-order chi connectivity index (χ0) is 20.9. The normalized spacial score (nSPS) is 17.7. The van der Waals surface area contributed by atoms with Crippen molar-refractivity contribution in [3.8, 4) is 17.1 Å². The third kappa shape index (κ3) is 4.14. The first-order valence-corrected chi connectivity index (χ1v) is 11.0. The van der Waals surface area contributed by atoms with Gasteiger partial charge in [0.05, 0.1) is 12.6 Å². The molecule has 1 aliphatic rings. The minimum Gasteiger partial charge on any atom is -0.494 e. The van der Waals surface area contributed by atoms with Gasteiger partial charge in [-0.25, -0.2) is 4.68 Å². The van der Waals surface area contributed by atoms with Crippen LogP contribution in [0.25, 0.3) is 11.4 Å². The Morgan fingerprint density at radius 2 is 1.90 bits per heavy atom. The Morgan fingerprint density at radius 1 is 1.13 bits per heavy atom. The van der Waals surface area contributed by atoms with Crippen LogP contribution in [0.5, 0.6) is 5.75 Å². The van der Waals surface area contributed by atoms with Crippen LogP contribution >= 0.6 is 11.8 Å². The molecule has 1 aliphatic heterocycles. The summed E-state index contributed by atoms with van der Waals surface area (Å²) in [4.78, 5) is 12.9. The van der Waals surface area contributed by atoms with Crippen LogP contribution in [0, 0.1) is 0 Å². The fourth-order valence-electron chi connectivity index (χ4n) is 3.37. The second-order valence-corrected chi connectivity index (χ2v) is 8.05. The second-order valence-electron chi connectivity index (χ2n) is 6.95. The van der Waals surface area contributed by atoms with E-state index in [1.165, 1.54) is 11.8 Å². The van der Waals surface area contributed by atoms with E-state index in [0.29, 0.717) is 18.3 Å². The fourth-order valence-corrected chi connectivity index (χ4v) is 4.47. The first kappa shape index (κ1) is 20.3. The smallest absolute Gasteiger partial charge is 0.236 e. The van der Waals surface area contributed by atoms with E-state index < -0.39 is 0 Å². The van der Waals surface area contributed by atoms with Crippen molar-refractivity contribution in [3.05, 3.63) is 60.2 Å². The Hall–Kier alpha value is -3.00. The zero-order valence-electron chi connectivity index (χ0n) is 17.0. The van der Waals surface area contributed by atoms with E-state index >= 15 is 0 Å². The molecule has 0 unspecified atom stereocenters. The molecule has 0 saturated carbocycles. The Kier molecular flexibility index (Phi) is 6.23. The lowest BCUT2D eigenvalue weighted by Gasteiger charge is -2.33. The third-order valence-corrected chi connectivity index (χ3v) is 6.04. The Balaban J connectivity index is 1.69. The van der Waals surface area contributed by atoms with Crippen molar-refractivity contribution in [2.75, 3.05) is 18.6 Å². The van der Waals surface area contributed by atoms with Gasteiger partial charge >= 0.3 is 0 Å². The molecule has 8 heteroatoms. The minimum atomic E-state index is -0.366. The molecule has 30 heavy (non-hydrogen) atoms. The zero-order valence-corrected chi connectivity index (χ0v) is 17.9. The maximum Gasteiger partial charge on any atom is 0.236 e. The van der Waals surface area contributed by atoms with E-state index in [-0.39, 0.29) is 17.2 Å².